The number of alkyl halides is 3. The number of benzene rings is 1. The molecule has 0 heterocycles. The van der Waals surface area contributed by atoms with Gasteiger partial charge in [0.15, 0.2) is 0 Å². The highest BCUT2D eigenvalue weighted by molar-refractivity contribution is 5.96. The molecule has 0 radical (unpaired) electrons. The third kappa shape index (κ3) is 2.34. The molecule has 0 atom stereocenters. The van der Waals surface area contributed by atoms with Crippen LogP contribution in [0.25, 0.3) is 0 Å². The Morgan fingerprint density at radius 1 is 1.21 bits per heavy atom. The smallest absolute Gasteiger partial charge is 0.305 e. The molecule has 0 aromatic heterocycles. The van der Waals surface area contributed by atoms with Crippen molar-refractivity contribution in [1.82, 2.24) is 0 Å². The zero-order valence-corrected chi connectivity index (χ0v) is 7.87. The van der Waals surface area contributed by atoms with Crippen molar-refractivity contribution < 1.29 is 13.2 Å². The summed E-state index contributed by atoms with van der Waals surface area (Å²) in [5, 5.41) is 7.27. The van der Waals surface area contributed by atoms with E-state index in [9.17, 15) is 13.2 Å². The van der Waals surface area contributed by atoms with Gasteiger partial charge in [0.1, 0.15) is 0 Å². The Bertz CT molecular complexity index is 366. The van der Waals surface area contributed by atoms with E-state index in [1.165, 1.54) is 6.92 Å². The van der Waals surface area contributed by atoms with Crippen molar-refractivity contribution in [1.29, 1.82) is 5.41 Å². The molecular weight excluding hydrogens is 191 g/mol. The summed E-state index contributed by atoms with van der Waals surface area (Å²) in [4.78, 5) is 0. The third-order valence-corrected chi connectivity index (χ3v) is 1.84. The van der Waals surface area contributed by atoms with E-state index in [-0.39, 0.29) is 5.71 Å². The molecule has 14 heavy (non-hydrogen) atoms. The summed E-state index contributed by atoms with van der Waals surface area (Å²) in [7, 11) is 0. The van der Waals surface area contributed by atoms with E-state index in [0.717, 1.165) is 12.1 Å². The number of nitrogens with one attached hydrogen (secondary N) is 1. The summed E-state index contributed by atoms with van der Waals surface area (Å²) >= 11 is 0. The monoisotopic (exact) mass is 201 g/mol. The van der Waals surface area contributed by atoms with Gasteiger partial charge in [0.2, 0.25) is 0 Å². The van der Waals surface area contributed by atoms with Crippen LogP contribution in [-0.2, 0) is 6.18 Å². The van der Waals surface area contributed by atoms with Crippen LogP contribution < -0.4 is 0 Å². The Balaban J connectivity index is 3.28. The van der Waals surface area contributed by atoms with Crippen molar-refractivity contribution in [3.05, 3.63) is 34.9 Å². The van der Waals surface area contributed by atoms with Crippen LogP contribution in [0.2, 0.25) is 0 Å². The largest absolute Gasteiger partial charge is 0.416 e. The van der Waals surface area contributed by atoms with Crippen LogP contribution in [0.15, 0.2) is 18.2 Å². The fourth-order valence-corrected chi connectivity index (χ4v) is 1.16. The van der Waals surface area contributed by atoms with Gasteiger partial charge in [-0.3, -0.25) is 0 Å². The first-order valence-corrected chi connectivity index (χ1v) is 4.05. The lowest BCUT2D eigenvalue weighted by atomic mass is 10.0. The van der Waals surface area contributed by atoms with Crippen LogP contribution in [-0.4, -0.2) is 5.71 Å². The molecule has 1 nitrogen and oxygen atoms in total. The van der Waals surface area contributed by atoms with E-state index in [2.05, 4.69) is 0 Å². The molecule has 0 amide bonds. The minimum Gasteiger partial charge on any atom is -0.305 e. The highest BCUT2D eigenvalue weighted by Crippen LogP contribution is 2.30. The van der Waals surface area contributed by atoms with Crippen molar-refractivity contribution >= 4 is 5.71 Å². The summed E-state index contributed by atoms with van der Waals surface area (Å²) in [5.74, 6) is 0. The second-order valence-electron chi connectivity index (χ2n) is 3.21. The normalized spacial score (nSPS) is 11.5. The molecule has 1 rings (SSSR count). The maximum Gasteiger partial charge on any atom is 0.416 e. The van der Waals surface area contributed by atoms with Gasteiger partial charge in [0.25, 0.3) is 0 Å². The topological polar surface area (TPSA) is 23.9 Å². The molecule has 0 bridgehead atoms. The van der Waals surface area contributed by atoms with Gasteiger partial charge in [-0.1, -0.05) is 6.07 Å². The van der Waals surface area contributed by atoms with Crippen molar-refractivity contribution in [2.24, 2.45) is 0 Å². The van der Waals surface area contributed by atoms with Gasteiger partial charge < -0.3 is 5.41 Å². The van der Waals surface area contributed by atoms with Crippen LogP contribution in [0, 0.1) is 12.3 Å². The zero-order chi connectivity index (χ0) is 10.9. The van der Waals surface area contributed by atoms with Gasteiger partial charge in [-0.05, 0) is 37.1 Å². The predicted molar refractivity (Wildman–Crippen MR) is 48.7 cm³/mol. The molecule has 1 N–H and O–H groups in total. The fraction of sp³-hybridized carbons (Fsp3) is 0.300. The highest BCUT2D eigenvalue weighted by atomic mass is 19.4. The predicted octanol–water partition coefficient (Wildman–Crippen LogP) is 3.40. The highest BCUT2D eigenvalue weighted by Gasteiger charge is 2.30. The number of rotatable bonds is 1. The van der Waals surface area contributed by atoms with E-state index in [0.29, 0.717) is 11.1 Å². The molecule has 4 heteroatoms. The summed E-state index contributed by atoms with van der Waals surface area (Å²) in [6.45, 7) is 3.05. The molecule has 0 unspecified atom stereocenters. The molecule has 0 aliphatic heterocycles. The second-order valence-corrected chi connectivity index (χ2v) is 3.21. The Labute approximate surface area is 80.1 Å². The number of aryl methyl sites for hydroxylation is 1. The van der Waals surface area contributed by atoms with Crippen LogP contribution in [0.5, 0.6) is 0 Å². The molecule has 0 aliphatic carbocycles. The Morgan fingerprint density at radius 3 is 2.21 bits per heavy atom. The van der Waals surface area contributed by atoms with Crippen molar-refractivity contribution in [3.63, 3.8) is 0 Å². The lowest BCUT2D eigenvalue weighted by Gasteiger charge is -2.09. The Kier molecular flexibility index (Phi) is 2.64. The van der Waals surface area contributed by atoms with Crippen molar-refractivity contribution in [2.45, 2.75) is 20.0 Å². The fourth-order valence-electron chi connectivity index (χ4n) is 1.16. The zero-order valence-electron chi connectivity index (χ0n) is 7.87. The first-order valence-electron chi connectivity index (χ1n) is 4.05. The number of hydrogen-bond donors (Lipinski definition) is 1. The van der Waals surface area contributed by atoms with Crippen LogP contribution in [0.3, 0.4) is 0 Å². The first-order chi connectivity index (χ1) is 6.30. The van der Waals surface area contributed by atoms with Gasteiger partial charge in [-0.2, -0.15) is 13.2 Å². The molecule has 76 valence electrons. The van der Waals surface area contributed by atoms with Gasteiger partial charge in [-0.25, -0.2) is 0 Å². The lowest BCUT2D eigenvalue weighted by Crippen LogP contribution is -2.07. The number of hydrogen-bond acceptors (Lipinski definition) is 1. The van der Waals surface area contributed by atoms with Crippen LogP contribution >= 0.6 is 0 Å². The molecule has 1 aromatic carbocycles. The summed E-state index contributed by atoms with van der Waals surface area (Å²) in [5.41, 5.74) is 0.275. The van der Waals surface area contributed by atoms with E-state index < -0.39 is 11.7 Å². The molecule has 0 saturated heterocycles. The third-order valence-electron chi connectivity index (χ3n) is 1.84. The number of halogens is 3. The molecular formula is C10H10F3N. The molecule has 1 aromatic rings. The van der Waals surface area contributed by atoms with E-state index in [4.69, 9.17) is 5.41 Å². The van der Waals surface area contributed by atoms with Crippen molar-refractivity contribution in [3.8, 4) is 0 Å². The first kappa shape index (κ1) is 10.8. The van der Waals surface area contributed by atoms with E-state index in [1.807, 2.05) is 0 Å². The minimum atomic E-state index is -4.34. The SMILES string of the molecule is CC(=N)c1cc(C)cc(C(F)(F)F)c1. The maximum absolute atomic E-state index is 12.3. The molecule has 0 spiro atoms. The molecule has 0 saturated carbocycles. The second kappa shape index (κ2) is 3.44. The van der Waals surface area contributed by atoms with Crippen LogP contribution in [0.4, 0.5) is 13.2 Å². The van der Waals surface area contributed by atoms with Crippen molar-refractivity contribution in [2.75, 3.05) is 0 Å². The quantitative estimate of drug-likeness (QED) is 0.673. The summed E-state index contributed by atoms with van der Waals surface area (Å²) in [6, 6.07) is 3.64. The Hall–Kier alpha value is -1.32. The van der Waals surface area contributed by atoms with Gasteiger partial charge in [0, 0.05) is 5.71 Å². The summed E-state index contributed by atoms with van der Waals surface area (Å²) in [6.07, 6.45) is -4.34. The average Bonchev–Trinajstić information content (AvgIpc) is 2.01. The summed E-state index contributed by atoms with van der Waals surface area (Å²) < 4.78 is 37.0. The maximum atomic E-state index is 12.3. The molecule has 0 aliphatic rings. The van der Waals surface area contributed by atoms with E-state index in [1.54, 1.807) is 13.0 Å². The van der Waals surface area contributed by atoms with Gasteiger partial charge >= 0.3 is 6.18 Å². The lowest BCUT2D eigenvalue weighted by molar-refractivity contribution is -0.137. The molecule has 0 fully saturated rings. The minimum absolute atomic E-state index is 0.138. The Morgan fingerprint density at radius 2 is 1.79 bits per heavy atom. The standard InChI is InChI=1S/C10H10F3N/c1-6-3-8(7(2)14)5-9(4-6)10(11,12)13/h3-5,14H,1-2H3. The van der Waals surface area contributed by atoms with Crippen LogP contribution in [0.1, 0.15) is 23.6 Å². The van der Waals surface area contributed by atoms with Gasteiger partial charge in [0.05, 0.1) is 5.56 Å². The van der Waals surface area contributed by atoms with E-state index >= 15 is 0 Å². The van der Waals surface area contributed by atoms with Gasteiger partial charge in [-0.15, -0.1) is 0 Å². The average molecular weight is 201 g/mol.